The maximum absolute atomic E-state index is 4.52. The van der Waals surface area contributed by atoms with Crippen molar-refractivity contribution in [3.8, 4) is 0 Å². The topological polar surface area (TPSA) is 18.8 Å². The predicted octanol–water partition coefficient (Wildman–Crippen LogP) is 2.76. The van der Waals surface area contributed by atoms with Crippen LogP contribution in [-0.2, 0) is 6.42 Å². The molecule has 2 aliphatic heterocycles. The highest BCUT2D eigenvalue weighted by molar-refractivity contribution is 6.03. The third-order valence-electron chi connectivity index (χ3n) is 3.19. The Labute approximate surface area is 113 Å². The minimum Gasteiger partial charge on any atom is -0.311 e. The Hall–Kier alpha value is -2.29. The molecule has 1 aromatic rings. The molecule has 0 radical (unpaired) electrons. The molecule has 0 spiro atoms. The molecule has 0 amide bonds. The summed E-state index contributed by atoms with van der Waals surface area (Å²) in [4.78, 5) is 2.15. The highest BCUT2D eigenvalue weighted by atomic mass is 15.6. The van der Waals surface area contributed by atoms with E-state index in [0.29, 0.717) is 0 Å². The van der Waals surface area contributed by atoms with Gasteiger partial charge in [-0.05, 0) is 24.1 Å². The van der Waals surface area contributed by atoms with Gasteiger partial charge in [0.2, 0.25) is 0 Å². The summed E-state index contributed by atoms with van der Waals surface area (Å²) in [5.74, 6) is 1.04. The summed E-state index contributed by atoms with van der Waals surface area (Å²) in [5.41, 5.74) is 2.50. The molecule has 0 N–H and O–H groups in total. The first-order valence-electron chi connectivity index (χ1n) is 6.48. The van der Waals surface area contributed by atoms with E-state index in [4.69, 9.17) is 0 Å². The Bertz CT molecular complexity index is 567. The first kappa shape index (κ1) is 11.8. The summed E-state index contributed by atoms with van der Waals surface area (Å²) in [7, 11) is 1.99. The molecule has 2 aliphatic rings. The van der Waals surface area contributed by atoms with Crippen LogP contribution in [0.3, 0.4) is 0 Å². The van der Waals surface area contributed by atoms with Gasteiger partial charge in [0, 0.05) is 18.8 Å². The molecule has 0 aliphatic carbocycles. The molecular formula is C16H17N3. The molecule has 0 saturated carbocycles. The van der Waals surface area contributed by atoms with Crippen LogP contribution in [0.15, 0.2) is 71.5 Å². The van der Waals surface area contributed by atoms with Crippen LogP contribution in [0.5, 0.6) is 0 Å². The molecule has 0 unspecified atom stereocenters. The van der Waals surface area contributed by atoms with Crippen molar-refractivity contribution in [2.75, 3.05) is 13.7 Å². The van der Waals surface area contributed by atoms with Crippen molar-refractivity contribution in [1.29, 1.82) is 0 Å². The van der Waals surface area contributed by atoms with Gasteiger partial charge in [0.25, 0.3) is 0 Å². The smallest absolute Gasteiger partial charge is 0.161 e. The van der Waals surface area contributed by atoms with Crippen LogP contribution in [0.1, 0.15) is 5.56 Å². The van der Waals surface area contributed by atoms with Crippen LogP contribution in [0.4, 0.5) is 0 Å². The number of amidine groups is 1. The second-order valence-corrected chi connectivity index (χ2v) is 4.75. The van der Waals surface area contributed by atoms with Crippen molar-refractivity contribution in [2.24, 2.45) is 5.10 Å². The summed E-state index contributed by atoms with van der Waals surface area (Å²) in [6, 6.07) is 10.5. The molecule has 3 rings (SSSR count). The van der Waals surface area contributed by atoms with Gasteiger partial charge in [-0.2, -0.15) is 5.10 Å². The zero-order chi connectivity index (χ0) is 13.1. The van der Waals surface area contributed by atoms with E-state index in [9.17, 15) is 0 Å². The van der Waals surface area contributed by atoms with Crippen molar-refractivity contribution in [1.82, 2.24) is 9.91 Å². The summed E-state index contributed by atoms with van der Waals surface area (Å²) >= 11 is 0. The average Bonchev–Trinajstić information content (AvgIpc) is 2.81. The molecule has 0 aromatic heterocycles. The normalized spacial score (nSPS) is 17.7. The van der Waals surface area contributed by atoms with Crippen molar-refractivity contribution in [2.45, 2.75) is 6.42 Å². The highest BCUT2D eigenvalue weighted by Gasteiger charge is 2.22. The van der Waals surface area contributed by atoms with E-state index >= 15 is 0 Å². The Kier molecular flexibility index (Phi) is 3.19. The molecule has 0 bridgehead atoms. The standard InChI is InChI=1S/C16H17N3/c1-18-13-19-12-6-11-15(16(19)17-18)10-5-9-14-7-3-2-4-8-14/h2-8,10-12H,9,13H2,1H3/b10-5+. The molecule has 2 heterocycles. The summed E-state index contributed by atoms with van der Waals surface area (Å²) in [6.45, 7) is 0.829. The number of hydrogen-bond acceptors (Lipinski definition) is 3. The van der Waals surface area contributed by atoms with Crippen LogP contribution in [0.25, 0.3) is 0 Å². The van der Waals surface area contributed by atoms with Crippen molar-refractivity contribution < 1.29 is 0 Å². The Morgan fingerprint density at radius 2 is 2.11 bits per heavy atom. The molecule has 3 nitrogen and oxygen atoms in total. The predicted molar refractivity (Wildman–Crippen MR) is 78.4 cm³/mol. The lowest BCUT2D eigenvalue weighted by Gasteiger charge is -2.18. The van der Waals surface area contributed by atoms with Gasteiger partial charge >= 0.3 is 0 Å². The van der Waals surface area contributed by atoms with Crippen LogP contribution in [0.2, 0.25) is 0 Å². The van der Waals surface area contributed by atoms with Crippen LogP contribution >= 0.6 is 0 Å². The van der Waals surface area contributed by atoms with Crippen LogP contribution < -0.4 is 0 Å². The second kappa shape index (κ2) is 5.14. The fourth-order valence-electron chi connectivity index (χ4n) is 2.27. The summed E-state index contributed by atoms with van der Waals surface area (Å²) in [5, 5.41) is 6.47. The van der Waals surface area contributed by atoms with Crippen LogP contribution in [-0.4, -0.2) is 29.5 Å². The van der Waals surface area contributed by atoms with E-state index in [1.165, 1.54) is 11.1 Å². The van der Waals surface area contributed by atoms with Crippen molar-refractivity contribution in [3.05, 3.63) is 72.0 Å². The number of hydrogen-bond donors (Lipinski definition) is 0. The largest absolute Gasteiger partial charge is 0.311 e. The van der Waals surface area contributed by atoms with Gasteiger partial charge in [0.1, 0.15) is 6.67 Å². The third-order valence-corrected chi connectivity index (χ3v) is 3.19. The van der Waals surface area contributed by atoms with Crippen molar-refractivity contribution >= 4 is 5.84 Å². The molecule has 0 saturated heterocycles. The molecule has 0 fully saturated rings. The van der Waals surface area contributed by atoms with E-state index in [2.05, 4.69) is 64.8 Å². The number of nitrogens with zero attached hydrogens (tertiary/aromatic N) is 3. The van der Waals surface area contributed by atoms with E-state index in [-0.39, 0.29) is 0 Å². The first-order chi connectivity index (χ1) is 9.33. The highest BCUT2D eigenvalue weighted by Crippen LogP contribution is 2.18. The monoisotopic (exact) mass is 251 g/mol. The SMILES string of the molecule is CN1CN2C=CC=C(/C=C/Cc3ccccc3)C2=N1. The molecule has 96 valence electrons. The maximum Gasteiger partial charge on any atom is 0.161 e. The van der Waals surface area contributed by atoms with Gasteiger partial charge in [-0.1, -0.05) is 42.5 Å². The maximum atomic E-state index is 4.52. The number of allylic oxidation sites excluding steroid dienone is 3. The zero-order valence-corrected chi connectivity index (χ0v) is 11.0. The van der Waals surface area contributed by atoms with Gasteiger partial charge in [-0.15, -0.1) is 0 Å². The molecule has 19 heavy (non-hydrogen) atoms. The van der Waals surface area contributed by atoms with Gasteiger partial charge in [-0.25, -0.2) is 0 Å². The summed E-state index contributed by atoms with van der Waals surface area (Å²) in [6.07, 6.45) is 11.5. The number of fused-ring (bicyclic) bond motifs is 1. The minimum atomic E-state index is 0.829. The molecule has 0 atom stereocenters. The minimum absolute atomic E-state index is 0.829. The number of rotatable bonds is 3. The Morgan fingerprint density at radius 1 is 1.26 bits per heavy atom. The Morgan fingerprint density at radius 3 is 2.95 bits per heavy atom. The fraction of sp³-hybridized carbons (Fsp3) is 0.188. The lowest BCUT2D eigenvalue weighted by Crippen LogP contribution is -2.26. The van der Waals surface area contributed by atoms with Gasteiger partial charge in [0.15, 0.2) is 5.84 Å². The lowest BCUT2D eigenvalue weighted by molar-refractivity contribution is 0.317. The number of hydrazone groups is 1. The van der Waals surface area contributed by atoms with Crippen molar-refractivity contribution in [3.63, 3.8) is 0 Å². The average molecular weight is 251 g/mol. The molecule has 3 heteroatoms. The quantitative estimate of drug-likeness (QED) is 0.822. The Balaban J connectivity index is 1.71. The molecular weight excluding hydrogens is 234 g/mol. The first-order valence-corrected chi connectivity index (χ1v) is 6.48. The second-order valence-electron chi connectivity index (χ2n) is 4.75. The van der Waals surface area contributed by atoms with E-state index < -0.39 is 0 Å². The van der Waals surface area contributed by atoms with Crippen LogP contribution in [0, 0.1) is 0 Å². The summed E-state index contributed by atoms with van der Waals surface area (Å²) < 4.78 is 0. The zero-order valence-electron chi connectivity index (χ0n) is 11.0. The number of benzene rings is 1. The lowest BCUT2D eigenvalue weighted by atomic mass is 10.1. The van der Waals surface area contributed by atoms with E-state index in [1.54, 1.807) is 0 Å². The third kappa shape index (κ3) is 2.60. The van der Waals surface area contributed by atoms with Gasteiger partial charge in [0.05, 0.1) is 0 Å². The molecule has 1 aromatic carbocycles. The van der Waals surface area contributed by atoms with Gasteiger partial charge in [-0.3, -0.25) is 5.01 Å². The van der Waals surface area contributed by atoms with E-state index in [0.717, 1.165) is 18.9 Å². The van der Waals surface area contributed by atoms with E-state index in [1.807, 2.05) is 18.1 Å². The van der Waals surface area contributed by atoms with Gasteiger partial charge < -0.3 is 4.90 Å². The fourth-order valence-corrected chi connectivity index (χ4v) is 2.27.